The Morgan fingerprint density at radius 3 is 2.81 bits per heavy atom. The summed E-state index contributed by atoms with van der Waals surface area (Å²) in [6.45, 7) is 3.18. The number of nitrogens with one attached hydrogen (secondary N) is 1. The number of amides is 2. The Morgan fingerprint density at radius 2 is 2.19 bits per heavy atom. The lowest BCUT2D eigenvalue weighted by Crippen LogP contribution is -2.41. The third-order valence-corrected chi connectivity index (χ3v) is 7.23. The molecule has 3 aromatic rings. The second kappa shape index (κ2) is 8.34. The van der Waals surface area contributed by atoms with Gasteiger partial charge in [-0.15, -0.1) is 0 Å². The highest BCUT2D eigenvalue weighted by atomic mass is 35.5. The number of nitrogens with zero attached hydrogens (tertiary/aromatic N) is 3. The predicted octanol–water partition coefficient (Wildman–Crippen LogP) is 4.04. The van der Waals surface area contributed by atoms with Crippen LogP contribution in [0.2, 0.25) is 5.02 Å². The number of nitriles is 1. The standard InChI is InChI=1S/C19H15ClN4O6S2/c1-10-16(12(3-5-21)7-14-17(10)29-9-28-14)24(18-15(20)11(2)22-30-18)19(25)23-32(26,27)13-4-6-31-8-13/h4,6-8H,3,9H2,1-2H3,(H,23,25). The Labute approximate surface area is 191 Å². The molecule has 0 radical (unpaired) electrons. The van der Waals surface area contributed by atoms with Crippen LogP contribution in [0.5, 0.6) is 11.5 Å². The Kier molecular flexibility index (Phi) is 5.72. The summed E-state index contributed by atoms with van der Waals surface area (Å²) in [5.74, 6) is 0.554. The molecule has 0 unspecified atom stereocenters. The van der Waals surface area contributed by atoms with Gasteiger partial charge in [0.25, 0.3) is 15.9 Å². The first kappa shape index (κ1) is 21.9. The van der Waals surface area contributed by atoms with Gasteiger partial charge in [-0.25, -0.2) is 22.8 Å². The van der Waals surface area contributed by atoms with Crippen molar-refractivity contribution in [3.63, 3.8) is 0 Å². The third kappa shape index (κ3) is 3.75. The molecule has 3 heterocycles. The highest BCUT2D eigenvalue weighted by Gasteiger charge is 2.35. The minimum atomic E-state index is -4.19. The average molecular weight is 495 g/mol. The normalized spacial score (nSPS) is 12.4. The topological polar surface area (TPSA) is 135 Å². The molecule has 10 nitrogen and oxygen atoms in total. The van der Waals surface area contributed by atoms with E-state index in [1.54, 1.807) is 25.3 Å². The van der Waals surface area contributed by atoms with E-state index in [4.69, 9.17) is 25.6 Å². The van der Waals surface area contributed by atoms with Crippen LogP contribution in [0.1, 0.15) is 16.8 Å². The number of hydrogen-bond acceptors (Lipinski definition) is 9. The van der Waals surface area contributed by atoms with Crippen molar-refractivity contribution in [3.05, 3.63) is 44.7 Å². The molecule has 4 rings (SSSR count). The average Bonchev–Trinajstić information content (AvgIpc) is 3.48. The second-order valence-electron chi connectivity index (χ2n) is 6.67. The number of anilines is 2. The van der Waals surface area contributed by atoms with Gasteiger partial charge in [0, 0.05) is 10.9 Å². The zero-order valence-electron chi connectivity index (χ0n) is 16.7. The number of carbonyl (C=O) groups excluding carboxylic acids is 1. The molecule has 2 aromatic heterocycles. The molecule has 0 saturated heterocycles. The molecule has 0 atom stereocenters. The predicted molar refractivity (Wildman–Crippen MR) is 115 cm³/mol. The van der Waals surface area contributed by atoms with E-state index in [9.17, 15) is 18.5 Å². The summed E-state index contributed by atoms with van der Waals surface area (Å²) in [5.41, 5.74) is 1.27. The summed E-state index contributed by atoms with van der Waals surface area (Å²) in [5, 5.41) is 16.1. The van der Waals surface area contributed by atoms with Gasteiger partial charge >= 0.3 is 6.03 Å². The smallest absolute Gasteiger partial charge is 0.342 e. The number of hydrogen-bond donors (Lipinski definition) is 1. The van der Waals surface area contributed by atoms with E-state index in [-0.39, 0.29) is 34.7 Å². The fourth-order valence-corrected chi connectivity index (χ4v) is 5.32. The van der Waals surface area contributed by atoms with Gasteiger partial charge < -0.3 is 14.0 Å². The van der Waals surface area contributed by atoms with Gasteiger partial charge in [-0.05, 0) is 36.9 Å². The van der Waals surface area contributed by atoms with E-state index < -0.39 is 16.1 Å². The van der Waals surface area contributed by atoms with Crippen LogP contribution in [0.15, 0.2) is 32.3 Å². The van der Waals surface area contributed by atoms with Crippen molar-refractivity contribution in [2.75, 3.05) is 11.7 Å². The molecule has 1 aromatic carbocycles. The van der Waals surface area contributed by atoms with E-state index in [0.717, 1.165) is 4.90 Å². The van der Waals surface area contributed by atoms with Gasteiger partial charge in [0.1, 0.15) is 10.7 Å². The van der Waals surface area contributed by atoms with Crippen molar-refractivity contribution in [1.29, 1.82) is 5.26 Å². The minimum Gasteiger partial charge on any atom is -0.454 e. The van der Waals surface area contributed by atoms with Crippen molar-refractivity contribution >= 4 is 50.6 Å². The van der Waals surface area contributed by atoms with Crippen LogP contribution in [-0.4, -0.2) is 26.4 Å². The lowest BCUT2D eigenvalue weighted by Gasteiger charge is -2.25. The van der Waals surface area contributed by atoms with Gasteiger partial charge in [0.05, 0.1) is 23.1 Å². The molecule has 0 bridgehead atoms. The number of aromatic nitrogens is 1. The summed E-state index contributed by atoms with van der Waals surface area (Å²) in [6, 6.07) is 3.87. The highest BCUT2D eigenvalue weighted by molar-refractivity contribution is 7.90. The molecule has 0 spiro atoms. The first-order valence-electron chi connectivity index (χ1n) is 9.04. The minimum absolute atomic E-state index is 0.00746. The van der Waals surface area contributed by atoms with Crippen LogP contribution < -0.4 is 19.1 Å². The molecule has 2 amide bonds. The fraction of sp³-hybridized carbons (Fsp3) is 0.211. The summed E-state index contributed by atoms with van der Waals surface area (Å²) in [7, 11) is -4.19. The molecule has 1 aliphatic rings. The largest absolute Gasteiger partial charge is 0.454 e. The van der Waals surface area contributed by atoms with Crippen molar-refractivity contribution in [3.8, 4) is 17.6 Å². The summed E-state index contributed by atoms with van der Waals surface area (Å²) >= 11 is 7.49. The molecule has 13 heteroatoms. The number of ether oxygens (including phenoxy) is 2. The summed E-state index contributed by atoms with van der Waals surface area (Å²) < 4.78 is 43.7. The summed E-state index contributed by atoms with van der Waals surface area (Å²) in [6.07, 6.45) is -0.112. The van der Waals surface area contributed by atoms with Gasteiger partial charge in [-0.2, -0.15) is 16.6 Å². The molecular formula is C19H15ClN4O6S2. The maximum atomic E-state index is 13.4. The Bertz CT molecular complexity index is 1350. The van der Waals surface area contributed by atoms with Crippen molar-refractivity contribution in [2.24, 2.45) is 0 Å². The van der Waals surface area contributed by atoms with Crippen molar-refractivity contribution < 1.29 is 27.2 Å². The molecule has 1 N–H and O–H groups in total. The Balaban J connectivity index is 1.90. The number of sulfonamides is 1. The molecule has 0 saturated carbocycles. The lowest BCUT2D eigenvalue weighted by atomic mass is 10.0. The maximum absolute atomic E-state index is 13.4. The van der Waals surface area contributed by atoms with E-state index in [0.29, 0.717) is 28.3 Å². The zero-order chi connectivity index (χ0) is 23.0. The Hall–Kier alpha value is -3.27. The highest BCUT2D eigenvalue weighted by Crippen LogP contribution is 2.46. The van der Waals surface area contributed by atoms with Gasteiger partial charge in [0.2, 0.25) is 6.79 Å². The van der Waals surface area contributed by atoms with Crippen LogP contribution in [-0.2, 0) is 16.4 Å². The number of thiophene rings is 1. The maximum Gasteiger partial charge on any atom is 0.342 e. The van der Waals surface area contributed by atoms with Crippen LogP contribution in [0.4, 0.5) is 16.4 Å². The molecule has 166 valence electrons. The fourth-order valence-electron chi connectivity index (χ4n) is 3.20. The molecule has 0 fully saturated rings. The van der Waals surface area contributed by atoms with Gasteiger partial charge in [-0.1, -0.05) is 16.8 Å². The second-order valence-corrected chi connectivity index (χ2v) is 9.51. The van der Waals surface area contributed by atoms with Crippen LogP contribution in [0.3, 0.4) is 0 Å². The monoisotopic (exact) mass is 494 g/mol. The number of urea groups is 1. The first-order chi connectivity index (χ1) is 15.2. The van der Waals surface area contributed by atoms with Gasteiger partial charge in [0.15, 0.2) is 11.5 Å². The zero-order valence-corrected chi connectivity index (χ0v) is 19.1. The van der Waals surface area contributed by atoms with E-state index in [1.807, 2.05) is 10.8 Å². The molecule has 1 aliphatic heterocycles. The van der Waals surface area contributed by atoms with Crippen molar-refractivity contribution in [2.45, 2.75) is 25.2 Å². The van der Waals surface area contributed by atoms with E-state index >= 15 is 0 Å². The number of benzene rings is 1. The van der Waals surface area contributed by atoms with E-state index in [2.05, 4.69) is 5.16 Å². The molecule has 32 heavy (non-hydrogen) atoms. The lowest BCUT2D eigenvalue weighted by molar-refractivity contribution is 0.173. The number of aryl methyl sites for hydroxylation is 1. The number of rotatable bonds is 5. The van der Waals surface area contributed by atoms with E-state index in [1.165, 1.54) is 22.8 Å². The van der Waals surface area contributed by atoms with Crippen LogP contribution in [0.25, 0.3) is 0 Å². The first-order valence-corrected chi connectivity index (χ1v) is 11.8. The van der Waals surface area contributed by atoms with Crippen molar-refractivity contribution in [1.82, 2.24) is 9.88 Å². The quantitative estimate of drug-likeness (QED) is 0.561. The molecular weight excluding hydrogens is 480 g/mol. The van der Waals surface area contributed by atoms with Crippen LogP contribution in [0, 0.1) is 25.2 Å². The number of carbonyl (C=O) groups is 1. The third-order valence-electron chi connectivity index (χ3n) is 4.65. The number of fused-ring (bicyclic) bond motifs is 1. The SMILES string of the molecule is Cc1noc(N(C(=O)NS(=O)(=O)c2ccsc2)c2c(CC#N)cc3c(c2C)OCO3)c1Cl. The summed E-state index contributed by atoms with van der Waals surface area (Å²) in [4.78, 5) is 14.2. The van der Waals surface area contributed by atoms with Crippen LogP contribution >= 0.6 is 22.9 Å². The molecule has 0 aliphatic carbocycles. The Morgan fingerprint density at radius 1 is 1.41 bits per heavy atom. The number of halogens is 1. The van der Waals surface area contributed by atoms with Gasteiger partial charge in [-0.3, -0.25) is 0 Å².